The van der Waals surface area contributed by atoms with Gasteiger partial charge in [-0.3, -0.25) is 4.79 Å². The molecule has 2 rings (SSSR count). The van der Waals surface area contributed by atoms with Gasteiger partial charge in [0.25, 0.3) is 5.91 Å². The first-order valence-corrected chi connectivity index (χ1v) is 6.57. The number of nitrogen functional groups attached to an aromatic ring is 1. The molecular weight excluding hydrogens is 279 g/mol. The molecule has 1 heterocycles. The van der Waals surface area contributed by atoms with Crippen LogP contribution in [0.2, 0.25) is 0 Å². The van der Waals surface area contributed by atoms with Crippen molar-refractivity contribution < 1.29 is 23.5 Å². The quantitative estimate of drug-likeness (QED) is 0.657. The minimum Gasteiger partial charge on any atom is -0.452 e. The third-order valence-corrected chi connectivity index (χ3v) is 3.31. The van der Waals surface area contributed by atoms with E-state index in [4.69, 9.17) is 15.2 Å². The number of carbonyl (C=O) groups excluding carboxylic acids is 2. The van der Waals surface area contributed by atoms with Crippen LogP contribution in [0.5, 0.6) is 0 Å². The SMILES string of the molecule is Cc1c(N)cc(C(=O)OCC(=O)N2CCOCC2)cc1F. The molecule has 0 atom stereocenters. The molecule has 0 radical (unpaired) electrons. The topological polar surface area (TPSA) is 81.9 Å². The second-order valence-electron chi connectivity index (χ2n) is 4.74. The number of amides is 1. The van der Waals surface area contributed by atoms with Crippen molar-refractivity contribution in [2.75, 3.05) is 38.6 Å². The normalized spacial score (nSPS) is 14.9. The van der Waals surface area contributed by atoms with Crippen molar-refractivity contribution in [2.45, 2.75) is 6.92 Å². The highest BCUT2D eigenvalue weighted by molar-refractivity contribution is 5.92. The lowest BCUT2D eigenvalue weighted by Crippen LogP contribution is -2.42. The molecule has 1 aliphatic heterocycles. The molecule has 1 aromatic rings. The van der Waals surface area contributed by atoms with E-state index in [0.717, 1.165) is 6.07 Å². The summed E-state index contributed by atoms with van der Waals surface area (Å²) in [6, 6.07) is 2.38. The van der Waals surface area contributed by atoms with E-state index < -0.39 is 11.8 Å². The first-order chi connectivity index (χ1) is 9.99. The highest BCUT2D eigenvalue weighted by Crippen LogP contribution is 2.18. The lowest BCUT2D eigenvalue weighted by Gasteiger charge is -2.26. The number of morpholine rings is 1. The van der Waals surface area contributed by atoms with Gasteiger partial charge in [0.15, 0.2) is 6.61 Å². The minimum atomic E-state index is -0.776. The molecular formula is C14H17FN2O4. The van der Waals surface area contributed by atoms with Gasteiger partial charge in [0, 0.05) is 24.3 Å². The highest BCUT2D eigenvalue weighted by Gasteiger charge is 2.19. The maximum Gasteiger partial charge on any atom is 0.338 e. The van der Waals surface area contributed by atoms with E-state index in [1.807, 2.05) is 0 Å². The van der Waals surface area contributed by atoms with E-state index in [9.17, 15) is 14.0 Å². The molecule has 0 aromatic heterocycles. The van der Waals surface area contributed by atoms with Crippen LogP contribution in [-0.4, -0.2) is 49.7 Å². The zero-order valence-corrected chi connectivity index (χ0v) is 11.7. The molecule has 6 nitrogen and oxygen atoms in total. The fraction of sp³-hybridized carbons (Fsp3) is 0.429. The Hall–Kier alpha value is -2.15. The Bertz CT molecular complexity index is 533. The minimum absolute atomic E-state index is 0.00891. The maximum absolute atomic E-state index is 13.5. The molecule has 0 spiro atoms. The van der Waals surface area contributed by atoms with E-state index in [1.54, 1.807) is 4.90 Å². The van der Waals surface area contributed by atoms with Gasteiger partial charge in [0.05, 0.1) is 18.8 Å². The molecule has 0 unspecified atom stereocenters. The van der Waals surface area contributed by atoms with Crippen molar-refractivity contribution in [3.05, 3.63) is 29.1 Å². The van der Waals surface area contributed by atoms with Gasteiger partial charge in [0.1, 0.15) is 5.82 Å². The summed E-state index contributed by atoms with van der Waals surface area (Å²) in [6.07, 6.45) is 0. The molecule has 1 saturated heterocycles. The van der Waals surface area contributed by atoms with Crippen molar-refractivity contribution in [1.82, 2.24) is 4.90 Å². The molecule has 0 aliphatic carbocycles. The van der Waals surface area contributed by atoms with Crippen molar-refractivity contribution in [1.29, 1.82) is 0 Å². The van der Waals surface area contributed by atoms with Crippen molar-refractivity contribution in [2.24, 2.45) is 0 Å². The van der Waals surface area contributed by atoms with Crippen LogP contribution in [0, 0.1) is 12.7 Å². The number of ether oxygens (including phenoxy) is 2. The molecule has 1 amide bonds. The summed E-state index contributed by atoms with van der Waals surface area (Å²) >= 11 is 0. The first-order valence-electron chi connectivity index (χ1n) is 6.57. The fourth-order valence-electron chi connectivity index (χ4n) is 1.93. The Labute approximate surface area is 121 Å². The molecule has 114 valence electrons. The van der Waals surface area contributed by atoms with Crippen LogP contribution >= 0.6 is 0 Å². The number of nitrogens with two attached hydrogens (primary N) is 1. The van der Waals surface area contributed by atoms with Gasteiger partial charge in [-0.25, -0.2) is 9.18 Å². The van der Waals surface area contributed by atoms with E-state index in [-0.39, 0.29) is 29.3 Å². The Morgan fingerprint density at radius 3 is 2.67 bits per heavy atom. The lowest BCUT2D eigenvalue weighted by atomic mass is 10.1. The third-order valence-electron chi connectivity index (χ3n) is 3.31. The molecule has 1 aromatic carbocycles. The number of esters is 1. The van der Waals surface area contributed by atoms with Crippen LogP contribution in [0.4, 0.5) is 10.1 Å². The van der Waals surface area contributed by atoms with Gasteiger partial charge in [-0.2, -0.15) is 0 Å². The zero-order valence-electron chi connectivity index (χ0n) is 11.7. The van der Waals surface area contributed by atoms with E-state index in [2.05, 4.69) is 0 Å². The van der Waals surface area contributed by atoms with Crippen molar-refractivity contribution in [3.8, 4) is 0 Å². The second-order valence-corrected chi connectivity index (χ2v) is 4.74. The van der Waals surface area contributed by atoms with Crippen LogP contribution in [-0.2, 0) is 14.3 Å². The fourth-order valence-corrected chi connectivity index (χ4v) is 1.93. The molecule has 2 N–H and O–H groups in total. The third kappa shape index (κ3) is 3.69. The van der Waals surface area contributed by atoms with E-state index in [1.165, 1.54) is 13.0 Å². The summed E-state index contributed by atoms with van der Waals surface area (Å²) in [7, 11) is 0. The number of rotatable bonds is 3. The van der Waals surface area contributed by atoms with Gasteiger partial charge >= 0.3 is 5.97 Å². The number of hydrogen-bond donors (Lipinski definition) is 1. The summed E-state index contributed by atoms with van der Waals surface area (Å²) in [5, 5.41) is 0. The number of hydrogen-bond acceptors (Lipinski definition) is 5. The van der Waals surface area contributed by atoms with E-state index >= 15 is 0 Å². The standard InChI is InChI=1S/C14H17FN2O4/c1-9-11(15)6-10(7-12(9)16)14(19)21-8-13(18)17-2-4-20-5-3-17/h6-7H,2-5,8,16H2,1H3. The number of carbonyl (C=O) groups is 2. The van der Waals surface area contributed by atoms with Crippen LogP contribution in [0.1, 0.15) is 15.9 Å². The van der Waals surface area contributed by atoms with Gasteiger partial charge < -0.3 is 20.1 Å². The van der Waals surface area contributed by atoms with Gasteiger partial charge in [-0.1, -0.05) is 0 Å². The Morgan fingerprint density at radius 1 is 1.38 bits per heavy atom. The number of nitrogens with zero attached hydrogens (tertiary/aromatic N) is 1. The van der Waals surface area contributed by atoms with Crippen molar-refractivity contribution in [3.63, 3.8) is 0 Å². The number of benzene rings is 1. The molecule has 1 fully saturated rings. The molecule has 0 bridgehead atoms. The Kier molecular flexibility index (Phi) is 4.74. The predicted octanol–water partition coefficient (Wildman–Crippen LogP) is 0.732. The lowest BCUT2D eigenvalue weighted by molar-refractivity contribution is -0.138. The van der Waals surface area contributed by atoms with Gasteiger partial charge in [0.2, 0.25) is 0 Å². The largest absolute Gasteiger partial charge is 0.452 e. The van der Waals surface area contributed by atoms with Gasteiger partial charge in [-0.05, 0) is 19.1 Å². The van der Waals surface area contributed by atoms with Crippen LogP contribution in [0.25, 0.3) is 0 Å². The smallest absolute Gasteiger partial charge is 0.338 e. The molecule has 1 aliphatic rings. The monoisotopic (exact) mass is 296 g/mol. The predicted molar refractivity (Wildman–Crippen MR) is 73.2 cm³/mol. The Balaban J connectivity index is 1.94. The summed E-state index contributed by atoms with van der Waals surface area (Å²) in [6.45, 7) is 3.03. The molecule has 21 heavy (non-hydrogen) atoms. The van der Waals surface area contributed by atoms with E-state index in [0.29, 0.717) is 26.3 Å². The average Bonchev–Trinajstić information content (AvgIpc) is 2.50. The summed E-state index contributed by atoms with van der Waals surface area (Å²) in [5.41, 5.74) is 6.03. The molecule has 7 heteroatoms. The average molecular weight is 296 g/mol. The number of anilines is 1. The maximum atomic E-state index is 13.5. The Morgan fingerprint density at radius 2 is 2.05 bits per heavy atom. The highest BCUT2D eigenvalue weighted by atomic mass is 19.1. The molecule has 0 saturated carbocycles. The second kappa shape index (κ2) is 6.53. The summed E-state index contributed by atoms with van der Waals surface area (Å²) < 4.78 is 23.5. The summed E-state index contributed by atoms with van der Waals surface area (Å²) in [5.74, 6) is -1.66. The van der Waals surface area contributed by atoms with Crippen LogP contribution in [0.15, 0.2) is 12.1 Å². The van der Waals surface area contributed by atoms with Crippen LogP contribution < -0.4 is 5.73 Å². The number of halogens is 1. The first kappa shape index (κ1) is 15.2. The van der Waals surface area contributed by atoms with Gasteiger partial charge in [-0.15, -0.1) is 0 Å². The van der Waals surface area contributed by atoms with Crippen LogP contribution in [0.3, 0.4) is 0 Å². The van der Waals surface area contributed by atoms with Crippen molar-refractivity contribution >= 4 is 17.6 Å². The zero-order chi connectivity index (χ0) is 15.4. The summed E-state index contributed by atoms with van der Waals surface area (Å²) in [4.78, 5) is 25.2.